The van der Waals surface area contributed by atoms with E-state index in [4.69, 9.17) is 4.74 Å². The summed E-state index contributed by atoms with van der Waals surface area (Å²) in [6.45, 7) is 2.19. The van der Waals surface area contributed by atoms with Crippen molar-refractivity contribution in [2.24, 2.45) is 4.99 Å². The van der Waals surface area contributed by atoms with Gasteiger partial charge in [0.2, 0.25) is 5.91 Å². The second-order valence-corrected chi connectivity index (χ2v) is 12.7. The van der Waals surface area contributed by atoms with Gasteiger partial charge in [0, 0.05) is 23.6 Å². The van der Waals surface area contributed by atoms with Crippen molar-refractivity contribution in [3.63, 3.8) is 0 Å². The van der Waals surface area contributed by atoms with Crippen LogP contribution in [0.25, 0.3) is 10.2 Å². The summed E-state index contributed by atoms with van der Waals surface area (Å²) in [6.07, 6.45) is 3.28. The van der Waals surface area contributed by atoms with Crippen molar-refractivity contribution in [3.8, 4) is 0 Å². The average molecular weight is 581 g/mol. The molecule has 1 N–H and O–H groups in total. The minimum atomic E-state index is -4.19. The molecule has 12 nitrogen and oxygen atoms in total. The Morgan fingerprint density at radius 3 is 2.61 bits per heavy atom. The smallest absolute Gasteiger partial charge is 0.341 e. The van der Waals surface area contributed by atoms with Gasteiger partial charge in [-0.3, -0.25) is 19.7 Å². The molecule has 0 radical (unpaired) electrons. The van der Waals surface area contributed by atoms with E-state index in [9.17, 15) is 32.9 Å². The highest BCUT2D eigenvalue weighted by Crippen LogP contribution is 2.38. The zero-order valence-electron chi connectivity index (χ0n) is 20.5. The molecule has 38 heavy (non-hydrogen) atoms. The molecule has 0 spiro atoms. The number of hydrogen-bond donors (Lipinski definition) is 1. The SMILES string of the molecule is CCn1c(=NC(=O)CS(=O)(=O)CC(=O)Nc2sc3c(c2C(=O)OC)CCCC3)sc2cc([N+](=O)[O-])ccc21. The third-order valence-electron chi connectivity index (χ3n) is 5.92. The van der Waals surface area contributed by atoms with Crippen LogP contribution in [0.5, 0.6) is 0 Å². The van der Waals surface area contributed by atoms with E-state index >= 15 is 0 Å². The molecule has 0 saturated heterocycles. The molecule has 0 unspecified atom stereocenters. The van der Waals surface area contributed by atoms with Gasteiger partial charge < -0.3 is 14.6 Å². The first-order chi connectivity index (χ1) is 18.0. The van der Waals surface area contributed by atoms with Crippen LogP contribution in [0.1, 0.15) is 40.6 Å². The van der Waals surface area contributed by atoms with E-state index in [2.05, 4.69) is 10.3 Å². The number of carbonyl (C=O) groups is 3. The fourth-order valence-corrected chi connectivity index (χ4v) is 7.73. The Morgan fingerprint density at radius 2 is 1.92 bits per heavy atom. The summed E-state index contributed by atoms with van der Waals surface area (Å²) < 4.78 is 32.3. The number of non-ortho nitro benzene ring substituents is 1. The number of nitrogens with one attached hydrogen (secondary N) is 1. The number of benzene rings is 1. The van der Waals surface area contributed by atoms with Crippen LogP contribution in [0.3, 0.4) is 0 Å². The Kier molecular flexibility index (Phi) is 8.08. The topological polar surface area (TPSA) is 167 Å². The number of anilines is 1. The lowest BCUT2D eigenvalue weighted by molar-refractivity contribution is -0.384. The first kappa shape index (κ1) is 27.6. The summed E-state index contributed by atoms with van der Waals surface area (Å²) in [7, 11) is -2.95. The number of fused-ring (bicyclic) bond motifs is 2. The zero-order valence-corrected chi connectivity index (χ0v) is 23.0. The van der Waals surface area contributed by atoms with Crippen LogP contribution in [0.4, 0.5) is 10.7 Å². The highest BCUT2D eigenvalue weighted by Gasteiger charge is 2.28. The van der Waals surface area contributed by atoms with E-state index in [1.807, 2.05) is 0 Å². The molecule has 1 aliphatic rings. The Labute approximate surface area is 225 Å². The van der Waals surface area contributed by atoms with Crippen LogP contribution in [0.2, 0.25) is 0 Å². The van der Waals surface area contributed by atoms with Gasteiger partial charge >= 0.3 is 5.97 Å². The second kappa shape index (κ2) is 11.1. The summed E-state index contributed by atoms with van der Waals surface area (Å²) in [5.41, 5.74) is 1.57. The summed E-state index contributed by atoms with van der Waals surface area (Å²) >= 11 is 2.25. The number of thiophene rings is 1. The number of carbonyl (C=O) groups excluding carboxylic acids is 3. The van der Waals surface area contributed by atoms with Crippen LogP contribution in [-0.4, -0.2) is 54.3 Å². The number of esters is 1. The van der Waals surface area contributed by atoms with Crippen molar-refractivity contribution < 1.29 is 32.5 Å². The van der Waals surface area contributed by atoms with Crippen molar-refractivity contribution in [2.45, 2.75) is 39.2 Å². The van der Waals surface area contributed by atoms with Gasteiger partial charge in [-0.1, -0.05) is 11.3 Å². The van der Waals surface area contributed by atoms with Crippen molar-refractivity contribution in [2.75, 3.05) is 23.9 Å². The van der Waals surface area contributed by atoms with Gasteiger partial charge in [0.1, 0.15) is 16.5 Å². The van der Waals surface area contributed by atoms with Gasteiger partial charge in [-0.15, -0.1) is 11.3 Å². The lowest BCUT2D eigenvalue weighted by Crippen LogP contribution is -2.28. The van der Waals surface area contributed by atoms with Crippen molar-refractivity contribution >= 4 is 71.2 Å². The van der Waals surface area contributed by atoms with Gasteiger partial charge in [0.25, 0.3) is 11.6 Å². The number of aryl methyl sites for hydroxylation is 2. The number of thiazole rings is 1. The van der Waals surface area contributed by atoms with Gasteiger partial charge in [0.15, 0.2) is 14.6 Å². The summed E-state index contributed by atoms with van der Waals surface area (Å²) in [4.78, 5) is 53.1. The first-order valence-electron chi connectivity index (χ1n) is 11.6. The summed E-state index contributed by atoms with van der Waals surface area (Å²) in [5.74, 6) is -4.41. The minimum absolute atomic E-state index is 0.115. The fourth-order valence-electron chi connectivity index (χ4n) is 4.28. The predicted octanol–water partition coefficient (Wildman–Crippen LogP) is 2.84. The summed E-state index contributed by atoms with van der Waals surface area (Å²) in [5, 5.41) is 13.8. The molecule has 0 aliphatic heterocycles. The lowest BCUT2D eigenvalue weighted by atomic mass is 9.95. The van der Waals surface area contributed by atoms with Crippen molar-refractivity contribution in [1.82, 2.24) is 4.57 Å². The molecule has 202 valence electrons. The van der Waals surface area contributed by atoms with Gasteiger partial charge in [-0.2, -0.15) is 4.99 Å². The molecule has 0 saturated carbocycles. The largest absolute Gasteiger partial charge is 0.465 e. The van der Waals surface area contributed by atoms with E-state index in [1.54, 1.807) is 17.6 Å². The molecule has 2 amide bonds. The van der Waals surface area contributed by atoms with E-state index in [1.165, 1.54) is 30.6 Å². The number of nitrogens with zero attached hydrogens (tertiary/aromatic N) is 3. The quantitative estimate of drug-likeness (QED) is 0.241. The van der Waals surface area contributed by atoms with E-state index in [-0.39, 0.29) is 21.1 Å². The maximum atomic E-state index is 12.6. The molecule has 1 aromatic carbocycles. The second-order valence-electron chi connectivity index (χ2n) is 8.53. The minimum Gasteiger partial charge on any atom is -0.465 e. The molecule has 2 aromatic heterocycles. The third kappa shape index (κ3) is 5.84. The molecular formula is C23H24N4O8S3. The van der Waals surface area contributed by atoms with Gasteiger partial charge in [-0.05, 0) is 44.2 Å². The number of methoxy groups -OCH3 is 1. The Bertz CT molecular complexity index is 1630. The predicted molar refractivity (Wildman–Crippen MR) is 142 cm³/mol. The van der Waals surface area contributed by atoms with Gasteiger partial charge in [0.05, 0.1) is 27.8 Å². The highest BCUT2D eigenvalue weighted by molar-refractivity contribution is 7.92. The van der Waals surface area contributed by atoms with Crippen LogP contribution >= 0.6 is 22.7 Å². The molecule has 2 heterocycles. The first-order valence-corrected chi connectivity index (χ1v) is 15.1. The van der Waals surface area contributed by atoms with Crippen molar-refractivity contribution in [1.29, 1.82) is 0 Å². The highest BCUT2D eigenvalue weighted by atomic mass is 32.2. The number of amides is 2. The van der Waals surface area contributed by atoms with Crippen LogP contribution < -0.4 is 10.1 Å². The normalized spacial score (nSPS) is 13.8. The van der Waals surface area contributed by atoms with Crippen LogP contribution in [0.15, 0.2) is 23.2 Å². The molecule has 3 aromatic rings. The van der Waals surface area contributed by atoms with E-state index < -0.39 is 44.0 Å². The van der Waals surface area contributed by atoms with Crippen LogP contribution in [0, 0.1) is 10.1 Å². The maximum Gasteiger partial charge on any atom is 0.341 e. The Hall–Kier alpha value is -3.43. The Balaban J connectivity index is 1.51. The molecule has 0 fully saturated rings. The number of nitro groups is 1. The lowest BCUT2D eigenvalue weighted by Gasteiger charge is -2.11. The molecule has 0 bridgehead atoms. The number of sulfone groups is 1. The third-order valence-corrected chi connectivity index (χ3v) is 9.56. The zero-order chi connectivity index (χ0) is 27.6. The average Bonchev–Trinajstić information content (AvgIpc) is 3.38. The molecule has 0 atom stereocenters. The fraction of sp³-hybridized carbons (Fsp3) is 0.391. The number of rotatable bonds is 8. The summed E-state index contributed by atoms with van der Waals surface area (Å²) in [6, 6.07) is 4.25. The number of aromatic nitrogens is 1. The Morgan fingerprint density at radius 1 is 1.18 bits per heavy atom. The molecule has 15 heteroatoms. The number of hydrogen-bond acceptors (Lipinski definition) is 10. The van der Waals surface area contributed by atoms with E-state index in [0.717, 1.165) is 41.0 Å². The number of ether oxygens (including phenoxy) is 1. The monoisotopic (exact) mass is 580 g/mol. The number of nitro benzene ring substituents is 1. The molecule has 1 aliphatic carbocycles. The van der Waals surface area contributed by atoms with Crippen LogP contribution in [-0.2, 0) is 43.5 Å². The van der Waals surface area contributed by atoms with E-state index in [0.29, 0.717) is 23.2 Å². The maximum absolute atomic E-state index is 12.6. The molecule has 4 rings (SSSR count). The molecular weight excluding hydrogens is 556 g/mol. The van der Waals surface area contributed by atoms with Crippen molar-refractivity contribution in [3.05, 3.63) is 49.1 Å². The standard InChI is InChI=1S/C23H24N4O8S3/c1-3-26-15-9-8-13(27(31)32)10-17(15)37-23(26)25-19(29)12-38(33,34)11-18(28)24-21-20(22(30)35-2)14-6-4-5-7-16(14)36-21/h8-10H,3-7,11-12H2,1-2H3,(H,24,28). The van der Waals surface area contributed by atoms with Gasteiger partial charge in [-0.25, -0.2) is 13.2 Å².